The van der Waals surface area contributed by atoms with Crippen molar-refractivity contribution in [1.82, 2.24) is 10.3 Å². The molecule has 1 aromatic heterocycles. The van der Waals surface area contributed by atoms with E-state index in [1.807, 2.05) is 6.20 Å². The van der Waals surface area contributed by atoms with Crippen molar-refractivity contribution in [3.05, 3.63) is 24.0 Å². The molecule has 0 amide bonds. The summed E-state index contributed by atoms with van der Waals surface area (Å²) in [7, 11) is 0. The zero-order chi connectivity index (χ0) is 14.2. The molecule has 0 saturated heterocycles. The summed E-state index contributed by atoms with van der Waals surface area (Å²) in [6.45, 7) is 6.21. The number of ether oxygens (including phenoxy) is 1. The van der Waals surface area contributed by atoms with E-state index in [0.29, 0.717) is 6.04 Å². The summed E-state index contributed by atoms with van der Waals surface area (Å²) in [5.41, 5.74) is 1.09. The zero-order valence-electron chi connectivity index (χ0n) is 12.9. The van der Waals surface area contributed by atoms with E-state index in [1.54, 1.807) is 0 Å². The quantitative estimate of drug-likeness (QED) is 0.814. The Morgan fingerprint density at radius 1 is 1.30 bits per heavy atom. The Bertz CT molecular complexity index is 371. The molecule has 20 heavy (non-hydrogen) atoms. The van der Waals surface area contributed by atoms with Gasteiger partial charge in [0.1, 0.15) is 5.75 Å². The topological polar surface area (TPSA) is 34.1 Å². The van der Waals surface area contributed by atoms with E-state index in [-0.39, 0.29) is 0 Å². The van der Waals surface area contributed by atoms with Crippen molar-refractivity contribution < 1.29 is 4.74 Å². The number of rotatable bonds is 7. The van der Waals surface area contributed by atoms with Crippen molar-refractivity contribution in [1.29, 1.82) is 0 Å². The van der Waals surface area contributed by atoms with E-state index in [0.717, 1.165) is 36.9 Å². The van der Waals surface area contributed by atoms with Crippen molar-refractivity contribution >= 4 is 0 Å². The van der Waals surface area contributed by atoms with Gasteiger partial charge in [-0.1, -0.05) is 26.2 Å². The molecule has 3 nitrogen and oxygen atoms in total. The maximum absolute atomic E-state index is 5.88. The van der Waals surface area contributed by atoms with Crippen LogP contribution < -0.4 is 10.1 Å². The van der Waals surface area contributed by atoms with Crippen LogP contribution in [0.15, 0.2) is 18.3 Å². The van der Waals surface area contributed by atoms with Gasteiger partial charge >= 0.3 is 0 Å². The first-order valence-electron chi connectivity index (χ1n) is 8.11. The van der Waals surface area contributed by atoms with Gasteiger partial charge in [-0.2, -0.15) is 0 Å². The van der Waals surface area contributed by atoms with Crippen molar-refractivity contribution in [2.45, 2.75) is 58.4 Å². The number of nitrogens with zero attached hydrogens (tertiary/aromatic N) is 1. The third kappa shape index (κ3) is 4.78. The Hall–Kier alpha value is -1.09. The minimum Gasteiger partial charge on any atom is -0.492 e. The standard InChI is InChI=1S/C17H28N2O/c1-3-11-18-14(2)17-10-9-16(12-19-17)20-13-15-7-5-4-6-8-15/h9-10,12,14-15,18H,3-8,11,13H2,1-2H3. The smallest absolute Gasteiger partial charge is 0.137 e. The van der Waals surface area contributed by atoms with E-state index in [2.05, 4.69) is 36.3 Å². The number of hydrogen-bond donors (Lipinski definition) is 1. The molecule has 0 aliphatic heterocycles. The summed E-state index contributed by atoms with van der Waals surface area (Å²) in [6, 6.07) is 4.43. The van der Waals surface area contributed by atoms with Crippen molar-refractivity contribution in [3.63, 3.8) is 0 Å². The highest BCUT2D eigenvalue weighted by molar-refractivity contribution is 5.21. The Balaban J connectivity index is 1.78. The lowest BCUT2D eigenvalue weighted by molar-refractivity contribution is 0.208. The van der Waals surface area contributed by atoms with Crippen LogP contribution in [0.25, 0.3) is 0 Å². The molecule has 1 aliphatic carbocycles. The van der Waals surface area contributed by atoms with Crippen LogP contribution in [-0.4, -0.2) is 18.1 Å². The van der Waals surface area contributed by atoms with E-state index >= 15 is 0 Å². The third-order valence-corrected chi connectivity index (χ3v) is 4.11. The van der Waals surface area contributed by atoms with Gasteiger partial charge in [0.25, 0.3) is 0 Å². The molecule has 1 saturated carbocycles. The fourth-order valence-corrected chi connectivity index (χ4v) is 2.77. The largest absolute Gasteiger partial charge is 0.492 e. The van der Waals surface area contributed by atoms with E-state index < -0.39 is 0 Å². The van der Waals surface area contributed by atoms with Crippen molar-refractivity contribution in [2.24, 2.45) is 5.92 Å². The predicted octanol–water partition coefficient (Wildman–Crippen LogP) is 4.10. The van der Waals surface area contributed by atoms with Crippen LogP contribution in [0.5, 0.6) is 5.75 Å². The molecule has 1 fully saturated rings. The van der Waals surface area contributed by atoms with Crippen molar-refractivity contribution in [2.75, 3.05) is 13.2 Å². The van der Waals surface area contributed by atoms with E-state index in [9.17, 15) is 0 Å². The molecule has 0 bridgehead atoms. The zero-order valence-corrected chi connectivity index (χ0v) is 12.9. The van der Waals surface area contributed by atoms with Crippen LogP contribution in [-0.2, 0) is 0 Å². The number of aromatic nitrogens is 1. The molecule has 112 valence electrons. The van der Waals surface area contributed by atoms with E-state index in [4.69, 9.17) is 4.74 Å². The van der Waals surface area contributed by atoms with Gasteiger partial charge < -0.3 is 10.1 Å². The summed E-state index contributed by atoms with van der Waals surface area (Å²) in [6.07, 6.45) is 9.79. The molecule has 3 heteroatoms. The molecule has 0 aromatic carbocycles. The second kappa shape index (κ2) is 8.25. The van der Waals surface area contributed by atoms with Crippen LogP contribution in [0.4, 0.5) is 0 Å². The van der Waals surface area contributed by atoms with Gasteiger partial charge in [0.2, 0.25) is 0 Å². The summed E-state index contributed by atoms with van der Waals surface area (Å²) in [4.78, 5) is 4.51. The fourth-order valence-electron chi connectivity index (χ4n) is 2.77. The normalized spacial score (nSPS) is 17.9. The SMILES string of the molecule is CCCNC(C)c1ccc(OCC2CCCCC2)cn1. The first kappa shape index (κ1) is 15.3. The number of pyridine rings is 1. The van der Waals surface area contributed by atoms with Crippen LogP contribution in [0, 0.1) is 5.92 Å². The van der Waals surface area contributed by atoms with Crippen LogP contribution in [0.3, 0.4) is 0 Å². The summed E-state index contributed by atoms with van der Waals surface area (Å²) >= 11 is 0. The second-order valence-electron chi connectivity index (χ2n) is 5.91. The van der Waals surface area contributed by atoms with Gasteiger partial charge in [0.05, 0.1) is 18.5 Å². The van der Waals surface area contributed by atoms with Crippen LogP contribution >= 0.6 is 0 Å². The molecule has 0 radical (unpaired) electrons. The first-order chi connectivity index (χ1) is 9.79. The Labute approximate surface area is 123 Å². The molecule has 1 aliphatic rings. The molecule has 1 aromatic rings. The first-order valence-corrected chi connectivity index (χ1v) is 8.11. The molecule has 1 atom stereocenters. The minimum atomic E-state index is 0.308. The number of nitrogens with one attached hydrogen (secondary N) is 1. The molecular weight excluding hydrogens is 248 g/mol. The fraction of sp³-hybridized carbons (Fsp3) is 0.706. The third-order valence-electron chi connectivity index (χ3n) is 4.11. The van der Waals surface area contributed by atoms with Gasteiger partial charge in [0.15, 0.2) is 0 Å². The maximum Gasteiger partial charge on any atom is 0.137 e. The lowest BCUT2D eigenvalue weighted by Crippen LogP contribution is -2.20. The van der Waals surface area contributed by atoms with E-state index in [1.165, 1.54) is 32.1 Å². The average Bonchev–Trinajstić information content (AvgIpc) is 2.52. The highest BCUT2D eigenvalue weighted by Crippen LogP contribution is 2.24. The highest BCUT2D eigenvalue weighted by Gasteiger charge is 2.14. The van der Waals surface area contributed by atoms with Gasteiger partial charge in [-0.25, -0.2) is 0 Å². The molecule has 1 N–H and O–H groups in total. The lowest BCUT2D eigenvalue weighted by Gasteiger charge is -2.21. The van der Waals surface area contributed by atoms with Gasteiger partial charge in [-0.15, -0.1) is 0 Å². The minimum absolute atomic E-state index is 0.308. The molecule has 2 rings (SSSR count). The maximum atomic E-state index is 5.88. The van der Waals surface area contributed by atoms with Crippen molar-refractivity contribution in [3.8, 4) is 5.75 Å². The Morgan fingerprint density at radius 2 is 2.10 bits per heavy atom. The van der Waals surface area contributed by atoms with Crippen LogP contribution in [0.2, 0.25) is 0 Å². The number of hydrogen-bond acceptors (Lipinski definition) is 3. The molecular formula is C17H28N2O. The Morgan fingerprint density at radius 3 is 2.75 bits per heavy atom. The highest BCUT2D eigenvalue weighted by atomic mass is 16.5. The predicted molar refractivity (Wildman–Crippen MR) is 83.0 cm³/mol. The van der Waals surface area contributed by atoms with Gasteiger partial charge in [0, 0.05) is 6.04 Å². The van der Waals surface area contributed by atoms with Crippen LogP contribution in [0.1, 0.15) is 64.1 Å². The molecule has 1 heterocycles. The molecule has 0 spiro atoms. The Kier molecular flexibility index (Phi) is 6.31. The summed E-state index contributed by atoms with van der Waals surface area (Å²) < 4.78 is 5.88. The average molecular weight is 276 g/mol. The van der Waals surface area contributed by atoms with Gasteiger partial charge in [-0.3, -0.25) is 4.98 Å². The van der Waals surface area contributed by atoms with Gasteiger partial charge in [-0.05, 0) is 50.8 Å². The summed E-state index contributed by atoms with van der Waals surface area (Å²) in [5.74, 6) is 1.65. The monoisotopic (exact) mass is 276 g/mol. The summed E-state index contributed by atoms with van der Waals surface area (Å²) in [5, 5.41) is 3.45. The lowest BCUT2D eigenvalue weighted by atomic mass is 9.90. The second-order valence-corrected chi connectivity index (χ2v) is 5.91. The molecule has 1 unspecified atom stereocenters.